The maximum atomic E-state index is 12.3. The first kappa shape index (κ1) is 21.4. The number of aryl methyl sites for hydroxylation is 1. The summed E-state index contributed by atoms with van der Waals surface area (Å²) >= 11 is 1.63. The van der Waals surface area contributed by atoms with E-state index in [0.29, 0.717) is 18.2 Å². The highest BCUT2D eigenvalue weighted by atomic mass is 32.2. The minimum atomic E-state index is -0.590. The second kappa shape index (κ2) is 10.4. The molecule has 1 aliphatic rings. The third kappa shape index (κ3) is 5.59. The number of hydrogen-bond acceptors (Lipinski definition) is 5. The molecule has 1 saturated carbocycles. The van der Waals surface area contributed by atoms with Crippen LogP contribution in [0.1, 0.15) is 61.3 Å². The predicted molar refractivity (Wildman–Crippen MR) is 114 cm³/mol. The number of hydrogen-bond donors (Lipinski definition) is 2. The fraction of sp³-hybridized carbons (Fsp3) is 0.524. The molecule has 2 N–H and O–H groups in total. The van der Waals surface area contributed by atoms with E-state index in [1.54, 1.807) is 43.0 Å². The van der Waals surface area contributed by atoms with Gasteiger partial charge in [0.25, 0.3) is 5.91 Å². The summed E-state index contributed by atoms with van der Waals surface area (Å²) in [7, 11) is 0. The van der Waals surface area contributed by atoms with Crippen LogP contribution >= 0.6 is 11.8 Å². The van der Waals surface area contributed by atoms with Crippen molar-refractivity contribution in [2.24, 2.45) is 0 Å². The average molecular weight is 416 g/mol. The van der Waals surface area contributed by atoms with Crippen molar-refractivity contribution in [2.45, 2.75) is 62.7 Å². The van der Waals surface area contributed by atoms with Gasteiger partial charge in [0, 0.05) is 24.6 Å². The Kier molecular flexibility index (Phi) is 7.69. The van der Waals surface area contributed by atoms with E-state index in [1.807, 2.05) is 12.3 Å². The first-order valence-corrected chi connectivity index (χ1v) is 11.4. The lowest BCUT2D eigenvalue weighted by atomic mass is 10.2. The van der Waals surface area contributed by atoms with Crippen molar-refractivity contribution in [3.05, 3.63) is 41.7 Å². The average Bonchev–Trinajstić information content (AvgIpc) is 3.40. The van der Waals surface area contributed by atoms with Crippen LogP contribution in [0.15, 0.2) is 35.5 Å². The molecule has 1 aromatic carbocycles. The molecule has 0 spiro atoms. The minimum Gasteiger partial charge on any atom is -0.354 e. The molecule has 2 aromatic rings. The van der Waals surface area contributed by atoms with Crippen LogP contribution in [0.5, 0.6) is 0 Å². The molecule has 0 saturated heterocycles. The van der Waals surface area contributed by atoms with Crippen molar-refractivity contribution in [2.75, 3.05) is 12.8 Å². The summed E-state index contributed by atoms with van der Waals surface area (Å²) in [6, 6.07) is 8.81. The van der Waals surface area contributed by atoms with Crippen LogP contribution in [-0.2, 0) is 11.2 Å². The quantitative estimate of drug-likeness (QED) is 0.485. The number of thioether (sulfide) groups is 1. The highest BCUT2D eigenvalue weighted by Gasteiger charge is 2.23. The van der Waals surface area contributed by atoms with E-state index in [-0.39, 0.29) is 11.8 Å². The van der Waals surface area contributed by atoms with Gasteiger partial charge in [-0.25, -0.2) is 0 Å². The normalized spacial score (nSPS) is 15.2. The van der Waals surface area contributed by atoms with Crippen LogP contribution in [0.2, 0.25) is 0 Å². The first-order valence-electron chi connectivity index (χ1n) is 10.2. The van der Waals surface area contributed by atoms with E-state index in [0.717, 1.165) is 23.8 Å². The summed E-state index contributed by atoms with van der Waals surface area (Å²) < 4.78 is 2.29. The van der Waals surface area contributed by atoms with Gasteiger partial charge in [-0.15, -0.1) is 10.2 Å². The van der Waals surface area contributed by atoms with Crippen LogP contribution in [0.25, 0.3) is 0 Å². The summed E-state index contributed by atoms with van der Waals surface area (Å²) in [6.45, 7) is 2.23. The van der Waals surface area contributed by atoms with Crippen molar-refractivity contribution in [1.29, 1.82) is 0 Å². The van der Waals surface area contributed by atoms with E-state index >= 15 is 0 Å². The second-order valence-electron chi connectivity index (χ2n) is 7.37. The molecule has 1 atom stereocenters. The Hall–Kier alpha value is -2.35. The van der Waals surface area contributed by atoms with Gasteiger partial charge in [-0.2, -0.15) is 0 Å². The summed E-state index contributed by atoms with van der Waals surface area (Å²) in [5, 5.41) is 15.3. The molecule has 0 bridgehead atoms. The smallest absolute Gasteiger partial charge is 0.251 e. The molecule has 0 radical (unpaired) electrons. The molecule has 2 amide bonds. The molecule has 1 aliphatic carbocycles. The van der Waals surface area contributed by atoms with Gasteiger partial charge in [-0.3, -0.25) is 9.59 Å². The number of carbonyl (C=O) groups excluding carboxylic acids is 2. The van der Waals surface area contributed by atoms with E-state index in [2.05, 4.69) is 25.4 Å². The molecular weight excluding hydrogens is 386 g/mol. The third-order valence-corrected chi connectivity index (χ3v) is 5.90. The van der Waals surface area contributed by atoms with Gasteiger partial charge in [-0.1, -0.05) is 42.8 Å². The Morgan fingerprint density at radius 3 is 2.62 bits per heavy atom. The number of nitrogens with zero attached hydrogens (tertiary/aromatic N) is 3. The molecule has 0 aliphatic heterocycles. The molecule has 156 valence electrons. The van der Waals surface area contributed by atoms with Crippen LogP contribution < -0.4 is 10.6 Å². The first-order chi connectivity index (χ1) is 14.1. The van der Waals surface area contributed by atoms with Crippen LogP contribution in [0.3, 0.4) is 0 Å². The van der Waals surface area contributed by atoms with Crippen molar-refractivity contribution in [3.63, 3.8) is 0 Å². The lowest BCUT2D eigenvalue weighted by molar-refractivity contribution is -0.122. The Bertz CT molecular complexity index is 818. The SMILES string of the molecule is CSc1nnc(CCCNC(=O)C(C)NC(=O)c2ccccc2)n1C1CCCC1. The Balaban J connectivity index is 1.45. The van der Waals surface area contributed by atoms with E-state index < -0.39 is 6.04 Å². The van der Waals surface area contributed by atoms with Gasteiger partial charge in [0.05, 0.1) is 0 Å². The number of amides is 2. The molecule has 29 heavy (non-hydrogen) atoms. The topological polar surface area (TPSA) is 88.9 Å². The highest BCUT2D eigenvalue weighted by Crippen LogP contribution is 2.33. The number of nitrogens with one attached hydrogen (secondary N) is 2. The predicted octanol–water partition coefficient (Wildman–Crippen LogP) is 2.98. The van der Waals surface area contributed by atoms with Crippen molar-refractivity contribution in [1.82, 2.24) is 25.4 Å². The van der Waals surface area contributed by atoms with Crippen molar-refractivity contribution < 1.29 is 9.59 Å². The van der Waals surface area contributed by atoms with Gasteiger partial charge in [-0.05, 0) is 44.6 Å². The molecule has 1 heterocycles. The second-order valence-corrected chi connectivity index (χ2v) is 8.14. The monoisotopic (exact) mass is 415 g/mol. The van der Waals surface area contributed by atoms with Crippen molar-refractivity contribution >= 4 is 23.6 Å². The van der Waals surface area contributed by atoms with Crippen LogP contribution in [0, 0.1) is 0 Å². The lowest BCUT2D eigenvalue weighted by Crippen LogP contribution is -2.45. The molecule has 1 fully saturated rings. The summed E-state index contributed by atoms with van der Waals surface area (Å²) in [5.74, 6) is 0.569. The van der Waals surface area contributed by atoms with Crippen molar-refractivity contribution in [3.8, 4) is 0 Å². The van der Waals surface area contributed by atoms with E-state index in [4.69, 9.17) is 0 Å². The Morgan fingerprint density at radius 2 is 1.93 bits per heavy atom. The molecule has 1 unspecified atom stereocenters. The minimum absolute atomic E-state index is 0.184. The van der Waals surface area contributed by atoms with Gasteiger partial charge in [0.2, 0.25) is 5.91 Å². The summed E-state index contributed by atoms with van der Waals surface area (Å²) in [5.41, 5.74) is 0.544. The van der Waals surface area contributed by atoms with Gasteiger partial charge in [0.1, 0.15) is 11.9 Å². The summed E-state index contributed by atoms with van der Waals surface area (Å²) in [6.07, 6.45) is 8.49. The van der Waals surface area contributed by atoms with Gasteiger partial charge >= 0.3 is 0 Å². The molecule has 3 rings (SSSR count). The number of rotatable bonds is 9. The third-order valence-electron chi connectivity index (χ3n) is 5.26. The Labute approximate surface area is 176 Å². The summed E-state index contributed by atoms with van der Waals surface area (Å²) in [4.78, 5) is 24.4. The largest absolute Gasteiger partial charge is 0.354 e. The fourth-order valence-corrected chi connectivity index (χ4v) is 4.27. The van der Waals surface area contributed by atoms with Crippen LogP contribution in [0.4, 0.5) is 0 Å². The number of aromatic nitrogens is 3. The molecule has 8 heteroatoms. The molecule has 1 aromatic heterocycles. The molecule has 7 nitrogen and oxygen atoms in total. The van der Waals surface area contributed by atoms with E-state index in [1.165, 1.54) is 25.7 Å². The van der Waals surface area contributed by atoms with E-state index in [9.17, 15) is 9.59 Å². The zero-order chi connectivity index (χ0) is 20.6. The lowest BCUT2D eigenvalue weighted by Gasteiger charge is -2.17. The number of benzene rings is 1. The fourth-order valence-electron chi connectivity index (χ4n) is 3.69. The van der Waals surface area contributed by atoms with Gasteiger partial charge in [0.15, 0.2) is 5.16 Å². The highest BCUT2D eigenvalue weighted by molar-refractivity contribution is 7.98. The standard InChI is InChI=1S/C21H29N5O2S/c1-15(23-20(28)16-9-4-3-5-10-16)19(27)22-14-8-13-18-24-25-21(29-2)26(18)17-11-6-7-12-17/h3-5,9-10,15,17H,6-8,11-14H2,1-2H3,(H,22,27)(H,23,28). The maximum absolute atomic E-state index is 12.3. The molecular formula is C21H29N5O2S. The zero-order valence-electron chi connectivity index (χ0n) is 17.1. The Morgan fingerprint density at radius 1 is 1.21 bits per heavy atom. The van der Waals surface area contributed by atoms with Crippen LogP contribution in [-0.4, -0.2) is 45.4 Å². The maximum Gasteiger partial charge on any atom is 0.251 e. The number of carbonyl (C=O) groups is 2. The zero-order valence-corrected chi connectivity index (χ0v) is 17.9. The van der Waals surface area contributed by atoms with Gasteiger partial charge < -0.3 is 15.2 Å².